The Morgan fingerprint density at radius 1 is 0.929 bits per heavy atom. The summed E-state index contributed by atoms with van der Waals surface area (Å²) in [6, 6.07) is 12.6. The summed E-state index contributed by atoms with van der Waals surface area (Å²) in [4.78, 5) is 56.0. The molecule has 2 N–H and O–H groups in total. The molecule has 3 atom stereocenters. The van der Waals surface area contributed by atoms with E-state index in [-0.39, 0.29) is 54.7 Å². The molecule has 2 aliphatic heterocycles. The maximum Gasteiger partial charge on any atom is 0.255 e. The number of nitrogens with one attached hydrogen (secondary N) is 2. The summed E-state index contributed by atoms with van der Waals surface area (Å²) in [5, 5.41) is 5.22. The molecule has 3 unspecified atom stereocenters. The van der Waals surface area contributed by atoms with Gasteiger partial charge in [0.15, 0.2) is 11.5 Å². The van der Waals surface area contributed by atoms with Crippen LogP contribution in [0.3, 0.4) is 0 Å². The van der Waals surface area contributed by atoms with Crippen LogP contribution in [0, 0.1) is 17.8 Å². The average molecular weight is 576 g/mol. The van der Waals surface area contributed by atoms with E-state index < -0.39 is 5.92 Å². The van der Waals surface area contributed by atoms with E-state index in [0.29, 0.717) is 42.3 Å². The topological polar surface area (TPSA) is 122 Å². The number of nitrogens with zero attached hydrogens (tertiary/aromatic N) is 3. The fourth-order valence-corrected chi connectivity index (χ4v) is 5.95. The first-order chi connectivity index (χ1) is 20.2. The second-order valence-corrected chi connectivity index (χ2v) is 11.1. The standard InChI is InChI=1S/C31H37N5O6/c1-19(2)42-26-10-8-20(12-27(26)41-4)30(39)35-15-22-16-36(31(40)21-7-9-23-6-5-11-34(23)14-21)18-25(24(22)17-35)29(38)33-13-28(37)32-3/h5-12,14,19,22,24-25H,13,15-18H2,1-4H3,(H,32,37)(H,33,38). The van der Waals surface area contributed by atoms with Crippen molar-refractivity contribution >= 4 is 29.1 Å². The summed E-state index contributed by atoms with van der Waals surface area (Å²) in [5.41, 5.74) is 1.95. The van der Waals surface area contributed by atoms with Crippen LogP contribution in [0.1, 0.15) is 34.6 Å². The van der Waals surface area contributed by atoms with E-state index in [1.54, 1.807) is 40.3 Å². The van der Waals surface area contributed by atoms with Gasteiger partial charge in [-0.15, -0.1) is 0 Å². The summed E-state index contributed by atoms with van der Waals surface area (Å²) in [6.07, 6.45) is 3.61. The number of carbonyl (C=O) groups excluding carboxylic acids is 4. The van der Waals surface area contributed by atoms with Gasteiger partial charge < -0.3 is 34.3 Å². The van der Waals surface area contributed by atoms with Crippen LogP contribution in [0.5, 0.6) is 11.5 Å². The molecule has 0 saturated carbocycles. The van der Waals surface area contributed by atoms with Crippen molar-refractivity contribution in [1.29, 1.82) is 0 Å². The smallest absolute Gasteiger partial charge is 0.255 e. The molecule has 222 valence electrons. The third kappa shape index (κ3) is 5.90. The van der Waals surface area contributed by atoms with E-state index in [4.69, 9.17) is 9.47 Å². The lowest BCUT2D eigenvalue weighted by Gasteiger charge is -2.39. The number of likely N-dealkylation sites (tertiary alicyclic amines) is 2. The number of piperidine rings is 1. The van der Waals surface area contributed by atoms with Gasteiger partial charge in [0.1, 0.15) is 0 Å². The third-order valence-corrected chi connectivity index (χ3v) is 8.04. The lowest BCUT2D eigenvalue weighted by atomic mass is 9.79. The molecule has 3 aromatic rings. The number of aromatic nitrogens is 1. The fraction of sp³-hybridized carbons (Fsp3) is 0.419. The van der Waals surface area contributed by atoms with E-state index in [1.165, 1.54) is 14.2 Å². The fourth-order valence-electron chi connectivity index (χ4n) is 5.95. The number of ether oxygens (including phenoxy) is 2. The lowest BCUT2D eigenvalue weighted by Crippen LogP contribution is -2.53. The van der Waals surface area contributed by atoms with Crippen molar-refractivity contribution in [2.24, 2.45) is 17.8 Å². The van der Waals surface area contributed by atoms with Crippen molar-refractivity contribution in [3.63, 3.8) is 0 Å². The molecule has 1 aromatic carbocycles. The lowest BCUT2D eigenvalue weighted by molar-refractivity contribution is -0.131. The molecule has 11 heteroatoms. The van der Waals surface area contributed by atoms with Crippen molar-refractivity contribution in [2.45, 2.75) is 20.0 Å². The normalized spacial score (nSPS) is 19.9. The van der Waals surface area contributed by atoms with Gasteiger partial charge in [-0.05, 0) is 68.1 Å². The minimum Gasteiger partial charge on any atom is -0.493 e. The van der Waals surface area contributed by atoms with Gasteiger partial charge >= 0.3 is 0 Å². The van der Waals surface area contributed by atoms with Gasteiger partial charge in [0.05, 0.1) is 31.2 Å². The molecule has 0 radical (unpaired) electrons. The minimum atomic E-state index is -0.582. The van der Waals surface area contributed by atoms with Crippen molar-refractivity contribution in [3.8, 4) is 11.5 Å². The SMILES string of the molecule is CNC(=O)CNC(=O)C1CN(C(=O)c2ccc3cccn3c2)CC2CN(C(=O)c3ccc(OC(C)C)c(OC)c3)CC21. The van der Waals surface area contributed by atoms with Crippen LogP contribution in [-0.4, -0.2) is 90.8 Å². The first-order valence-electron chi connectivity index (χ1n) is 14.2. The van der Waals surface area contributed by atoms with Crippen LogP contribution in [0.25, 0.3) is 5.52 Å². The number of rotatable bonds is 8. The molecule has 0 spiro atoms. The van der Waals surface area contributed by atoms with Crippen molar-refractivity contribution in [2.75, 3.05) is 46.9 Å². The molecule has 5 rings (SSSR count). The van der Waals surface area contributed by atoms with Crippen molar-refractivity contribution in [1.82, 2.24) is 24.8 Å². The molecule has 0 aliphatic carbocycles. The second-order valence-electron chi connectivity index (χ2n) is 11.1. The van der Waals surface area contributed by atoms with Gasteiger partial charge in [-0.2, -0.15) is 0 Å². The Balaban J connectivity index is 1.38. The zero-order valence-corrected chi connectivity index (χ0v) is 24.3. The molecule has 42 heavy (non-hydrogen) atoms. The molecule has 2 fully saturated rings. The number of pyridine rings is 1. The predicted octanol–water partition coefficient (Wildman–Crippen LogP) is 2.06. The number of hydrogen-bond acceptors (Lipinski definition) is 6. The Kier molecular flexibility index (Phi) is 8.37. The van der Waals surface area contributed by atoms with Gasteiger partial charge in [-0.25, -0.2) is 0 Å². The number of likely N-dealkylation sites (N-methyl/N-ethyl adjacent to an activating group) is 1. The van der Waals surface area contributed by atoms with Gasteiger partial charge in [0.25, 0.3) is 11.8 Å². The number of benzene rings is 1. The molecule has 4 amide bonds. The summed E-state index contributed by atoms with van der Waals surface area (Å²) in [5.74, 6) is -0.815. The van der Waals surface area contributed by atoms with Crippen LogP contribution in [0.2, 0.25) is 0 Å². The van der Waals surface area contributed by atoms with E-state index in [1.807, 2.05) is 42.6 Å². The Labute approximate surface area is 244 Å². The highest BCUT2D eigenvalue weighted by Gasteiger charge is 2.48. The maximum absolute atomic E-state index is 13.7. The molecule has 4 heterocycles. The Morgan fingerprint density at radius 2 is 1.64 bits per heavy atom. The number of carbonyl (C=O) groups is 4. The minimum absolute atomic E-state index is 0.0514. The third-order valence-electron chi connectivity index (χ3n) is 8.04. The van der Waals surface area contributed by atoms with Gasteiger partial charge in [0.2, 0.25) is 11.8 Å². The molecular weight excluding hydrogens is 538 g/mol. The highest BCUT2D eigenvalue weighted by atomic mass is 16.5. The number of hydrogen-bond donors (Lipinski definition) is 2. The zero-order chi connectivity index (χ0) is 30.0. The maximum atomic E-state index is 13.7. The first kappa shape index (κ1) is 29.0. The number of methoxy groups -OCH3 is 1. The first-order valence-corrected chi connectivity index (χ1v) is 14.2. The van der Waals surface area contributed by atoms with Crippen LogP contribution >= 0.6 is 0 Å². The Bertz CT molecular complexity index is 1500. The van der Waals surface area contributed by atoms with Crippen molar-refractivity contribution in [3.05, 3.63) is 66.0 Å². The van der Waals surface area contributed by atoms with E-state index >= 15 is 0 Å². The molecule has 2 saturated heterocycles. The average Bonchev–Trinajstić information content (AvgIpc) is 3.65. The molecule has 2 aromatic heterocycles. The van der Waals surface area contributed by atoms with E-state index in [2.05, 4.69) is 10.6 Å². The number of fused-ring (bicyclic) bond motifs is 2. The van der Waals surface area contributed by atoms with E-state index in [9.17, 15) is 19.2 Å². The van der Waals surface area contributed by atoms with E-state index in [0.717, 1.165) is 5.52 Å². The quantitative estimate of drug-likeness (QED) is 0.424. The summed E-state index contributed by atoms with van der Waals surface area (Å²) < 4.78 is 13.1. The highest BCUT2D eigenvalue weighted by Crippen LogP contribution is 2.37. The van der Waals surface area contributed by atoms with Gasteiger partial charge in [-0.1, -0.05) is 0 Å². The Morgan fingerprint density at radius 3 is 2.36 bits per heavy atom. The summed E-state index contributed by atoms with van der Waals surface area (Å²) >= 11 is 0. The Hall–Kier alpha value is -4.54. The van der Waals surface area contributed by atoms with Crippen molar-refractivity contribution < 1.29 is 28.7 Å². The van der Waals surface area contributed by atoms with Crippen LogP contribution in [-0.2, 0) is 9.59 Å². The second kappa shape index (κ2) is 12.1. The van der Waals surface area contributed by atoms with Crippen LogP contribution in [0.4, 0.5) is 0 Å². The molecule has 2 aliphatic rings. The summed E-state index contributed by atoms with van der Waals surface area (Å²) in [6.45, 7) is 5.05. The highest BCUT2D eigenvalue weighted by molar-refractivity contribution is 5.96. The molecule has 11 nitrogen and oxygen atoms in total. The zero-order valence-electron chi connectivity index (χ0n) is 24.3. The largest absolute Gasteiger partial charge is 0.493 e. The van der Waals surface area contributed by atoms with Crippen LogP contribution < -0.4 is 20.1 Å². The monoisotopic (exact) mass is 575 g/mol. The van der Waals surface area contributed by atoms with Gasteiger partial charge in [-0.3, -0.25) is 19.2 Å². The van der Waals surface area contributed by atoms with Crippen LogP contribution in [0.15, 0.2) is 54.9 Å². The number of amides is 4. The molecular formula is C31H37N5O6. The van der Waals surface area contributed by atoms with Gasteiger partial charge in [0, 0.05) is 56.7 Å². The molecule has 0 bridgehead atoms. The summed E-state index contributed by atoms with van der Waals surface area (Å²) in [7, 11) is 3.03. The predicted molar refractivity (Wildman–Crippen MR) is 156 cm³/mol.